The van der Waals surface area contributed by atoms with Crippen LogP contribution in [0.15, 0.2) is 24.3 Å². The van der Waals surface area contributed by atoms with E-state index in [4.69, 9.17) is 17.3 Å². The molecule has 1 aromatic rings. The van der Waals surface area contributed by atoms with Gasteiger partial charge >= 0.3 is 0 Å². The van der Waals surface area contributed by atoms with Gasteiger partial charge in [-0.05, 0) is 50.8 Å². The Morgan fingerprint density at radius 2 is 1.84 bits per heavy atom. The third-order valence-electron chi connectivity index (χ3n) is 5.19. The van der Waals surface area contributed by atoms with Gasteiger partial charge in [0.25, 0.3) is 0 Å². The third-order valence-corrected chi connectivity index (χ3v) is 5.46. The molecule has 0 bridgehead atoms. The van der Waals surface area contributed by atoms with E-state index < -0.39 is 36.0 Å². The number of carbonyl (C=O) groups is 4. The van der Waals surface area contributed by atoms with Crippen molar-refractivity contribution in [3.8, 4) is 5.75 Å². The molecular weight excluding hydrogens is 424 g/mol. The predicted octanol–water partition coefficient (Wildman–Crippen LogP) is 0.0703. The molecule has 1 heterocycles. The largest absolute Gasteiger partial charge is 0.508 e. The van der Waals surface area contributed by atoms with Gasteiger partial charge in [-0.25, -0.2) is 0 Å². The normalized spacial score (nSPS) is 18.7. The van der Waals surface area contributed by atoms with Crippen molar-refractivity contribution < 1.29 is 24.3 Å². The minimum atomic E-state index is -0.859. The molecule has 0 radical (unpaired) electrons. The number of halogens is 1. The summed E-state index contributed by atoms with van der Waals surface area (Å²) in [5, 5.41) is 14.7. The van der Waals surface area contributed by atoms with E-state index in [2.05, 4.69) is 10.6 Å². The molecule has 9 nitrogen and oxygen atoms in total. The number of hydrogen-bond acceptors (Lipinski definition) is 6. The number of nitrogens with zero attached hydrogens (tertiary/aromatic N) is 1. The summed E-state index contributed by atoms with van der Waals surface area (Å²) in [5.41, 5.74) is 6.27. The number of carbonyl (C=O) groups excluding carboxylic acids is 4. The molecule has 5 N–H and O–H groups in total. The summed E-state index contributed by atoms with van der Waals surface area (Å²) in [6.45, 7) is 3.43. The first-order valence-electron chi connectivity index (χ1n) is 10.2. The maximum absolute atomic E-state index is 12.9. The number of rotatable bonds is 9. The Bertz CT molecular complexity index is 814. The highest BCUT2D eigenvalue weighted by atomic mass is 35.5. The summed E-state index contributed by atoms with van der Waals surface area (Å²) in [6.07, 6.45) is 1.29. The van der Waals surface area contributed by atoms with E-state index in [9.17, 15) is 24.3 Å². The van der Waals surface area contributed by atoms with Crippen LogP contribution < -0.4 is 16.4 Å². The lowest BCUT2D eigenvalue weighted by molar-refractivity contribution is -0.141. The fourth-order valence-electron chi connectivity index (χ4n) is 3.43. The zero-order valence-corrected chi connectivity index (χ0v) is 18.4. The molecule has 3 amide bonds. The number of nitrogens with two attached hydrogens (primary N) is 1. The molecule has 1 aromatic carbocycles. The quantitative estimate of drug-likeness (QED) is 0.390. The number of benzene rings is 1. The van der Waals surface area contributed by atoms with Gasteiger partial charge in [0.15, 0.2) is 5.78 Å². The summed E-state index contributed by atoms with van der Waals surface area (Å²) in [5.74, 6) is -1.81. The third kappa shape index (κ3) is 6.67. The second kappa shape index (κ2) is 11.1. The van der Waals surface area contributed by atoms with Crippen LogP contribution >= 0.6 is 11.6 Å². The zero-order chi connectivity index (χ0) is 23.1. The lowest BCUT2D eigenvalue weighted by atomic mass is 10.0. The molecule has 0 spiro atoms. The van der Waals surface area contributed by atoms with Gasteiger partial charge in [0.05, 0.1) is 18.0 Å². The van der Waals surface area contributed by atoms with Crippen molar-refractivity contribution in [3.63, 3.8) is 0 Å². The van der Waals surface area contributed by atoms with E-state index in [0.29, 0.717) is 19.4 Å². The first-order valence-corrected chi connectivity index (χ1v) is 10.7. The van der Waals surface area contributed by atoms with Crippen LogP contribution in [0.3, 0.4) is 0 Å². The molecule has 0 aromatic heterocycles. The number of phenols is 1. The van der Waals surface area contributed by atoms with Crippen LogP contribution in [0.4, 0.5) is 0 Å². The summed E-state index contributed by atoms with van der Waals surface area (Å²) in [7, 11) is 0. The van der Waals surface area contributed by atoms with Crippen molar-refractivity contribution in [2.45, 2.75) is 57.3 Å². The predicted molar refractivity (Wildman–Crippen MR) is 115 cm³/mol. The van der Waals surface area contributed by atoms with Crippen LogP contribution in [0.1, 0.15) is 32.3 Å². The molecule has 1 saturated heterocycles. The molecular formula is C21H29ClN4O5. The van der Waals surface area contributed by atoms with Crippen LogP contribution in [-0.4, -0.2) is 70.1 Å². The van der Waals surface area contributed by atoms with Crippen LogP contribution in [-0.2, 0) is 25.6 Å². The SMILES string of the molecule is C[C@H](N)C(=O)N[C@@H](C)C(=O)N1CCC[C@H]1C(=O)N[C@@H](Cc1ccc(O)cc1)C(=O)CCl. The van der Waals surface area contributed by atoms with Crippen molar-refractivity contribution in [2.75, 3.05) is 12.4 Å². The van der Waals surface area contributed by atoms with Gasteiger partial charge < -0.3 is 26.4 Å². The lowest BCUT2D eigenvalue weighted by Gasteiger charge is -2.28. The van der Waals surface area contributed by atoms with Crippen LogP contribution in [0.5, 0.6) is 5.75 Å². The number of ketones is 1. The van der Waals surface area contributed by atoms with E-state index >= 15 is 0 Å². The maximum atomic E-state index is 12.9. The Hall–Kier alpha value is -2.65. The summed E-state index contributed by atoms with van der Waals surface area (Å²) >= 11 is 5.72. The number of alkyl halides is 1. The molecule has 0 aliphatic carbocycles. The molecule has 2 rings (SSSR count). The van der Waals surface area contributed by atoms with Crippen LogP contribution in [0.25, 0.3) is 0 Å². The standard InChI is InChI=1S/C21H29ClN4O5/c1-12(23)19(29)24-13(2)21(31)26-9-3-4-17(26)20(30)25-16(18(28)11-22)10-14-5-7-15(27)8-6-14/h5-8,12-13,16-17,27H,3-4,9-11,23H2,1-2H3,(H,24,29)(H,25,30)/t12-,13-,16-,17-/m0/s1. The Morgan fingerprint density at radius 3 is 2.42 bits per heavy atom. The lowest BCUT2D eigenvalue weighted by Crippen LogP contribution is -2.56. The van der Waals surface area contributed by atoms with E-state index in [1.807, 2.05) is 0 Å². The highest BCUT2D eigenvalue weighted by Crippen LogP contribution is 2.19. The number of nitrogens with one attached hydrogen (secondary N) is 2. The average Bonchev–Trinajstić information content (AvgIpc) is 3.23. The number of Topliss-reactive ketones (excluding diaryl/α,β-unsaturated/α-hetero) is 1. The number of hydrogen-bond donors (Lipinski definition) is 4. The molecule has 4 atom stereocenters. The molecule has 1 aliphatic heterocycles. The number of phenolic OH excluding ortho intramolecular Hbond substituents is 1. The molecule has 10 heteroatoms. The van der Waals surface area contributed by atoms with E-state index in [0.717, 1.165) is 5.56 Å². The number of amides is 3. The van der Waals surface area contributed by atoms with Gasteiger partial charge in [-0.15, -0.1) is 11.6 Å². The maximum Gasteiger partial charge on any atom is 0.245 e. The molecule has 0 unspecified atom stereocenters. The Kier molecular flexibility index (Phi) is 8.82. The monoisotopic (exact) mass is 452 g/mol. The van der Waals surface area contributed by atoms with Gasteiger partial charge in [0.2, 0.25) is 17.7 Å². The first-order chi connectivity index (χ1) is 14.6. The van der Waals surface area contributed by atoms with Crippen molar-refractivity contribution in [2.24, 2.45) is 5.73 Å². The summed E-state index contributed by atoms with van der Waals surface area (Å²) < 4.78 is 0. The molecule has 0 saturated carbocycles. The Labute approximate surface area is 186 Å². The second-order valence-corrected chi connectivity index (χ2v) is 8.01. The van der Waals surface area contributed by atoms with Gasteiger partial charge in [-0.2, -0.15) is 0 Å². The average molecular weight is 453 g/mol. The van der Waals surface area contributed by atoms with Gasteiger partial charge in [-0.1, -0.05) is 12.1 Å². The van der Waals surface area contributed by atoms with Crippen molar-refractivity contribution in [1.82, 2.24) is 15.5 Å². The highest BCUT2D eigenvalue weighted by molar-refractivity contribution is 6.28. The van der Waals surface area contributed by atoms with Gasteiger partial charge in [-0.3, -0.25) is 19.2 Å². The fraction of sp³-hybridized carbons (Fsp3) is 0.524. The molecule has 1 fully saturated rings. The van der Waals surface area contributed by atoms with E-state index in [1.54, 1.807) is 19.1 Å². The van der Waals surface area contributed by atoms with Gasteiger partial charge in [0, 0.05) is 6.54 Å². The fourth-order valence-corrected chi connectivity index (χ4v) is 3.62. The summed E-state index contributed by atoms with van der Waals surface area (Å²) in [4.78, 5) is 51.2. The number of likely N-dealkylation sites (tertiary alicyclic amines) is 1. The van der Waals surface area contributed by atoms with Gasteiger partial charge in [0.1, 0.15) is 17.8 Å². The Morgan fingerprint density at radius 1 is 1.19 bits per heavy atom. The second-order valence-electron chi connectivity index (χ2n) is 7.74. The van der Waals surface area contributed by atoms with Crippen LogP contribution in [0, 0.1) is 0 Å². The summed E-state index contributed by atoms with van der Waals surface area (Å²) in [6, 6.07) is 3.12. The van der Waals surface area contributed by atoms with Crippen molar-refractivity contribution in [1.29, 1.82) is 0 Å². The van der Waals surface area contributed by atoms with E-state index in [-0.39, 0.29) is 29.7 Å². The van der Waals surface area contributed by atoms with E-state index in [1.165, 1.54) is 24.0 Å². The molecule has 1 aliphatic rings. The topological polar surface area (TPSA) is 142 Å². The highest BCUT2D eigenvalue weighted by Gasteiger charge is 2.37. The first kappa shape index (κ1) is 24.6. The molecule has 170 valence electrons. The zero-order valence-electron chi connectivity index (χ0n) is 17.6. The smallest absolute Gasteiger partial charge is 0.245 e. The minimum Gasteiger partial charge on any atom is -0.508 e. The van der Waals surface area contributed by atoms with Crippen molar-refractivity contribution >= 4 is 35.1 Å². The van der Waals surface area contributed by atoms with Crippen molar-refractivity contribution in [3.05, 3.63) is 29.8 Å². The van der Waals surface area contributed by atoms with Crippen LogP contribution in [0.2, 0.25) is 0 Å². The molecule has 31 heavy (non-hydrogen) atoms. The minimum absolute atomic E-state index is 0.0957. The number of aromatic hydroxyl groups is 1. The Balaban J connectivity index is 2.07.